The van der Waals surface area contributed by atoms with Crippen molar-refractivity contribution >= 4 is 16.9 Å². The summed E-state index contributed by atoms with van der Waals surface area (Å²) in [5.41, 5.74) is 7.35. The van der Waals surface area contributed by atoms with Gasteiger partial charge in [0.15, 0.2) is 5.65 Å². The maximum atomic E-state index is 12.9. The Labute approximate surface area is 183 Å². The lowest BCUT2D eigenvalue weighted by atomic mass is 10.0. The van der Waals surface area contributed by atoms with Crippen molar-refractivity contribution in [2.24, 2.45) is 0 Å². The van der Waals surface area contributed by atoms with Crippen LogP contribution in [0.3, 0.4) is 0 Å². The predicted octanol–water partition coefficient (Wildman–Crippen LogP) is 5.29. The molecule has 0 spiro atoms. The Balaban J connectivity index is 1.60. The van der Waals surface area contributed by atoms with Crippen LogP contribution in [-0.4, -0.2) is 20.7 Å². The lowest BCUT2D eigenvalue weighted by Crippen LogP contribution is -2.31. The highest BCUT2D eigenvalue weighted by Crippen LogP contribution is 2.30. The highest BCUT2D eigenvalue weighted by molar-refractivity contribution is 5.95. The van der Waals surface area contributed by atoms with E-state index in [1.165, 1.54) is 11.1 Å². The lowest BCUT2D eigenvalue weighted by molar-refractivity contribution is -0.122. The molecular formula is C26H28N4O. The SMILES string of the molecule is CCC(NC(=O)Cn1nc(C)c2c(-c3ccc(C)cc3)ccnc21)c1ccc(C)cc1. The molecule has 0 aliphatic rings. The number of pyridine rings is 1. The molecule has 31 heavy (non-hydrogen) atoms. The van der Waals surface area contributed by atoms with Crippen molar-refractivity contribution in [1.82, 2.24) is 20.1 Å². The van der Waals surface area contributed by atoms with E-state index in [0.717, 1.165) is 39.8 Å². The maximum Gasteiger partial charge on any atom is 0.242 e. The molecule has 0 fully saturated rings. The van der Waals surface area contributed by atoms with Crippen LogP contribution in [0.15, 0.2) is 60.8 Å². The van der Waals surface area contributed by atoms with Crippen LogP contribution in [0.5, 0.6) is 0 Å². The van der Waals surface area contributed by atoms with Gasteiger partial charge in [-0.25, -0.2) is 9.67 Å². The van der Waals surface area contributed by atoms with Gasteiger partial charge in [0.25, 0.3) is 0 Å². The van der Waals surface area contributed by atoms with Crippen molar-refractivity contribution in [2.45, 2.75) is 46.7 Å². The molecule has 5 nitrogen and oxygen atoms in total. The Kier molecular flexibility index (Phi) is 5.85. The molecule has 1 amide bonds. The van der Waals surface area contributed by atoms with Crippen molar-refractivity contribution in [3.8, 4) is 11.1 Å². The number of rotatable bonds is 6. The number of hydrogen-bond donors (Lipinski definition) is 1. The Bertz CT molecular complexity index is 1210. The summed E-state index contributed by atoms with van der Waals surface area (Å²) in [5, 5.41) is 8.78. The van der Waals surface area contributed by atoms with Crippen LogP contribution in [0.1, 0.15) is 41.8 Å². The van der Waals surface area contributed by atoms with Gasteiger partial charge in [0.1, 0.15) is 6.54 Å². The highest BCUT2D eigenvalue weighted by Gasteiger charge is 2.18. The third kappa shape index (κ3) is 4.36. The first-order valence-corrected chi connectivity index (χ1v) is 10.7. The number of hydrogen-bond acceptors (Lipinski definition) is 3. The smallest absolute Gasteiger partial charge is 0.242 e. The van der Waals surface area contributed by atoms with E-state index in [4.69, 9.17) is 0 Å². The highest BCUT2D eigenvalue weighted by atomic mass is 16.2. The van der Waals surface area contributed by atoms with Gasteiger partial charge in [-0.05, 0) is 49.9 Å². The monoisotopic (exact) mass is 412 g/mol. The van der Waals surface area contributed by atoms with Crippen molar-refractivity contribution in [3.05, 3.63) is 83.2 Å². The number of carbonyl (C=O) groups excluding carboxylic acids is 1. The summed E-state index contributed by atoms with van der Waals surface area (Å²) < 4.78 is 1.71. The first-order chi connectivity index (χ1) is 15.0. The zero-order valence-corrected chi connectivity index (χ0v) is 18.5. The summed E-state index contributed by atoms with van der Waals surface area (Å²) in [6, 6.07) is 18.7. The normalized spacial score (nSPS) is 12.1. The third-order valence-corrected chi connectivity index (χ3v) is 5.69. The Morgan fingerprint density at radius 1 is 0.968 bits per heavy atom. The number of carbonyl (C=O) groups is 1. The van der Waals surface area contributed by atoms with Crippen LogP contribution < -0.4 is 5.32 Å². The fourth-order valence-electron chi connectivity index (χ4n) is 3.96. The quantitative estimate of drug-likeness (QED) is 0.468. The molecule has 158 valence electrons. The number of nitrogens with zero attached hydrogens (tertiary/aromatic N) is 3. The van der Waals surface area contributed by atoms with E-state index >= 15 is 0 Å². The standard InChI is InChI=1S/C26H28N4O/c1-5-23(21-12-8-18(3)9-13-21)28-24(31)16-30-26-25(19(4)29-30)22(14-15-27-26)20-10-6-17(2)7-11-20/h6-15,23H,5,16H2,1-4H3,(H,28,31). The summed E-state index contributed by atoms with van der Waals surface area (Å²) in [7, 11) is 0. The minimum Gasteiger partial charge on any atom is -0.348 e. The average Bonchev–Trinajstić information content (AvgIpc) is 3.09. The average molecular weight is 413 g/mol. The Morgan fingerprint density at radius 2 is 1.61 bits per heavy atom. The number of aryl methyl sites for hydroxylation is 3. The Morgan fingerprint density at radius 3 is 2.26 bits per heavy atom. The van der Waals surface area contributed by atoms with Crippen LogP contribution in [0.2, 0.25) is 0 Å². The molecule has 5 heteroatoms. The number of nitrogens with one attached hydrogen (secondary N) is 1. The number of amides is 1. The van der Waals surface area contributed by atoms with Gasteiger partial charge >= 0.3 is 0 Å². The minimum absolute atomic E-state index is 0.0212. The van der Waals surface area contributed by atoms with Crippen LogP contribution in [-0.2, 0) is 11.3 Å². The molecule has 0 aliphatic carbocycles. The van der Waals surface area contributed by atoms with Crippen molar-refractivity contribution < 1.29 is 4.79 Å². The minimum atomic E-state index is -0.0700. The second-order valence-corrected chi connectivity index (χ2v) is 8.11. The summed E-state index contributed by atoms with van der Waals surface area (Å²) >= 11 is 0. The molecule has 0 bridgehead atoms. The van der Waals surface area contributed by atoms with E-state index in [9.17, 15) is 4.79 Å². The van der Waals surface area contributed by atoms with Crippen LogP contribution in [0.4, 0.5) is 0 Å². The molecule has 2 heterocycles. The van der Waals surface area contributed by atoms with E-state index in [2.05, 4.69) is 84.7 Å². The Hall–Kier alpha value is -3.47. The molecule has 0 saturated heterocycles. The molecule has 0 saturated carbocycles. The molecule has 1 unspecified atom stereocenters. The second-order valence-electron chi connectivity index (χ2n) is 8.11. The van der Waals surface area contributed by atoms with E-state index in [1.807, 2.05) is 13.0 Å². The molecular weight excluding hydrogens is 384 g/mol. The van der Waals surface area contributed by atoms with E-state index in [1.54, 1.807) is 10.9 Å². The van der Waals surface area contributed by atoms with Crippen molar-refractivity contribution in [3.63, 3.8) is 0 Å². The van der Waals surface area contributed by atoms with Gasteiger partial charge in [0.05, 0.1) is 11.7 Å². The number of fused-ring (bicyclic) bond motifs is 1. The van der Waals surface area contributed by atoms with Gasteiger partial charge < -0.3 is 5.32 Å². The number of benzene rings is 2. The fraction of sp³-hybridized carbons (Fsp3) is 0.269. The first-order valence-electron chi connectivity index (χ1n) is 10.7. The molecule has 4 aromatic rings. The topological polar surface area (TPSA) is 59.8 Å². The zero-order valence-electron chi connectivity index (χ0n) is 18.5. The molecule has 0 aliphatic heterocycles. The maximum absolute atomic E-state index is 12.9. The van der Waals surface area contributed by atoms with Gasteiger partial charge in [-0.15, -0.1) is 0 Å². The van der Waals surface area contributed by atoms with Gasteiger partial charge in [-0.2, -0.15) is 5.10 Å². The summed E-state index contributed by atoms with van der Waals surface area (Å²) in [6.07, 6.45) is 2.61. The first kappa shape index (κ1) is 20.8. The predicted molar refractivity (Wildman–Crippen MR) is 125 cm³/mol. The van der Waals surface area contributed by atoms with Crippen LogP contribution in [0.25, 0.3) is 22.2 Å². The van der Waals surface area contributed by atoms with Gasteiger partial charge in [-0.3, -0.25) is 4.79 Å². The lowest BCUT2D eigenvalue weighted by Gasteiger charge is -2.18. The second kappa shape index (κ2) is 8.72. The van der Waals surface area contributed by atoms with Crippen LogP contribution in [0, 0.1) is 20.8 Å². The van der Waals surface area contributed by atoms with E-state index < -0.39 is 0 Å². The molecule has 0 radical (unpaired) electrons. The van der Waals surface area contributed by atoms with Gasteiger partial charge in [0.2, 0.25) is 5.91 Å². The third-order valence-electron chi connectivity index (χ3n) is 5.69. The molecule has 2 aromatic heterocycles. The van der Waals surface area contributed by atoms with Gasteiger partial charge in [0, 0.05) is 11.6 Å². The summed E-state index contributed by atoms with van der Waals surface area (Å²) in [4.78, 5) is 17.4. The molecule has 1 N–H and O–H groups in total. The summed E-state index contributed by atoms with van der Waals surface area (Å²) in [6.45, 7) is 8.32. The van der Waals surface area contributed by atoms with E-state index in [-0.39, 0.29) is 18.5 Å². The summed E-state index contributed by atoms with van der Waals surface area (Å²) in [5.74, 6) is -0.0700. The fourth-order valence-corrected chi connectivity index (χ4v) is 3.96. The van der Waals surface area contributed by atoms with E-state index in [0.29, 0.717) is 0 Å². The van der Waals surface area contributed by atoms with Crippen LogP contribution >= 0.6 is 0 Å². The molecule has 4 rings (SSSR count). The van der Waals surface area contributed by atoms with Crippen molar-refractivity contribution in [2.75, 3.05) is 0 Å². The number of aromatic nitrogens is 3. The molecule has 2 aromatic carbocycles. The zero-order chi connectivity index (χ0) is 22.0. The van der Waals surface area contributed by atoms with Gasteiger partial charge in [-0.1, -0.05) is 66.6 Å². The molecule has 1 atom stereocenters. The largest absolute Gasteiger partial charge is 0.348 e. The van der Waals surface area contributed by atoms with Crippen molar-refractivity contribution in [1.29, 1.82) is 0 Å².